The third-order valence-electron chi connectivity index (χ3n) is 1.75. The Hall–Kier alpha value is -0.830. The average molecular weight is 154 g/mol. The summed E-state index contributed by atoms with van der Waals surface area (Å²) in [5, 5.41) is 2.80. The normalized spacial score (nSPS) is 19.3. The van der Waals surface area contributed by atoms with E-state index in [2.05, 4.69) is 23.3 Å². The maximum Gasteiger partial charge on any atom is 0.220 e. The van der Waals surface area contributed by atoms with Gasteiger partial charge in [0.05, 0.1) is 0 Å². The Labute approximate surface area is 67.1 Å². The fourth-order valence-electron chi connectivity index (χ4n) is 1.11. The molecular weight excluding hydrogens is 140 g/mol. The van der Waals surface area contributed by atoms with Gasteiger partial charge in [-0.1, -0.05) is 6.08 Å². The minimum Gasteiger partial charge on any atom is -0.330 e. The van der Waals surface area contributed by atoms with E-state index in [1.807, 2.05) is 0 Å². The molecule has 1 heterocycles. The van der Waals surface area contributed by atoms with Gasteiger partial charge in [-0.3, -0.25) is 4.79 Å². The fraction of sp³-hybridized carbons (Fsp3) is 0.625. The second-order valence-corrected chi connectivity index (χ2v) is 2.92. The number of carbonyl (C=O) groups is 1. The van der Waals surface area contributed by atoms with Gasteiger partial charge in [-0.25, -0.2) is 0 Å². The van der Waals surface area contributed by atoms with E-state index in [-0.39, 0.29) is 5.91 Å². The van der Waals surface area contributed by atoms with E-state index < -0.39 is 0 Å². The zero-order chi connectivity index (χ0) is 8.27. The molecule has 0 saturated carbocycles. The van der Waals surface area contributed by atoms with Crippen molar-refractivity contribution in [1.82, 2.24) is 10.2 Å². The minimum atomic E-state index is 0.0285. The van der Waals surface area contributed by atoms with Gasteiger partial charge in [0.1, 0.15) is 0 Å². The van der Waals surface area contributed by atoms with Crippen molar-refractivity contribution in [2.45, 2.75) is 13.3 Å². The molecule has 1 rings (SSSR count). The third-order valence-corrected chi connectivity index (χ3v) is 1.75. The van der Waals surface area contributed by atoms with Gasteiger partial charge in [-0.2, -0.15) is 0 Å². The molecule has 0 radical (unpaired) electrons. The van der Waals surface area contributed by atoms with E-state index >= 15 is 0 Å². The van der Waals surface area contributed by atoms with Crippen LogP contribution in [-0.2, 0) is 4.79 Å². The Morgan fingerprint density at radius 1 is 1.73 bits per heavy atom. The van der Waals surface area contributed by atoms with Crippen molar-refractivity contribution >= 4 is 5.91 Å². The van der Waals surface area contributed by atoms with Crippen LogP contribution in [0.1, 0.15) is 13.3 Å². The van der Waals surface area contributed by atoms with E-state index in [0.717, 1.165) is 25.2 Å². The highest BCUT2D eigenvalue weighted by atomic mass is 16.1. The molecule has 0 atom stereocenters. The number of carbonyl (C=O) groups excluding carboxylic acids is 1. The van der Waals surface area contributed by atoms with Crippen LogP contribution < -0.4 is 5.32 Å². The second-order valence-electron chi connectivity index (χ2n) is 2.92. The van der Waals surface area contributed by atoms with Crippen molar-refractivity contribution in [1.29, 1.82) is 0 Å². The third kappa shape index (κ3) is 2.72. The number of rotatable bonds is 1. The summed E-state index contributed by atoms with van der Waals surface area (Å²) in [5.74, 6) is 0.0285. The van der Waals surface area contributed by atoms with Gasteiger partial charge in [-0.05, 0) is 7.05 Å². The Morgan fingerprint density at radius 2 is 2.45 bits per heavy atom. The Kier molecular flexibility index (Phi) is 2.65. The summed E-state index contributed by atoms with van der Waals surface area (Å²) in [6.07, 6.45) is 3.01. The van der Waals surface area contributed by atoms with Crippen molar-refractivity contribution in [2.75, 3.05) is 20.1 Å². The van der Waals surface area contributed by atoms with Gasteiger partial charge in [-0.15, -0.1) is 0 Å². The predicted molar refractivity (Wildman–Crippen MR) is 44.0 cm³/mol. The lowest BCUT2D eigenvalue weighted by molar-refractivity contribution is -0.118. The summed E-state index contributed by atoms with van der Waals surface area (Å²) < 4.78 is 0. The highest BCUT2D eigenvalue weighted by molar-refractivity contribution is 5.74. The largest absolute Gasteiger partial charge is 0.330 e. The second kappa shape index (κ2) is 3.53. The number of nitrogens with zero attached hydrogens (tertiary/aromatic N) is 1. The highest BCUT2D eigenvalue weighted by Gasteiger charge is 2.07. The van der Waals surface area contributed by atoms with E-state index in [1.165, 1.54) is 0 Å². The van der Waals surface area contributed by atoms with Crippen LogP contribution in [0, 0.1) is 0 Å². The molecule has 1 aliphatic rings. The van der Waals surface area contributed by atoms with Crippen LogP contribution in [0.15, 0.2) is 11.8 Å². The van der Waals surface area contributed by atoms with Crippen LogP contribution in [0.3, 0.4) is 0 Å². The summed E-state index contributed by atoms with van der Waals surface area (Å²) in [6, 6.07) is 0. The molecule has 0 spiro atoms. The predicted octanol–water partition coefficient (Wildman–Crippen LogP) is 0.342. The molecule has 0 aromatic heterocycles. The lowest BCUT2D eigenvalue weighted by atomic mass is 10.2. The molecule has 1 N–H and O–H groups in total. The molecule has 3 heteroatoms. The van der Waals surface area contributed by atoms with Crippen LogP contribution in [0.5, 0.6) is 0 Å². The van der Waals surface area contributed by atoms with Crippen LogP contribution in [0.25, 0.3) is 0 Å². The van der Waals surface area contributed by atoms with E-state index in [4.69, 9.17) is 0 Å². The van der Waals surface area contributed by atoms with Crippen molar-refractivity contribution < 1.29 is 4.79 Å². The minimum absolute atomic E-state index is 0.0285. The quantitative estimate of drug-likeness (QED) is 0.590. The van der Waals surface area contributed by atoms with E-state index in [9.17, 15) is 4.79 Å². The Morgan fingerprint density at radius 3 is 2.91 bits per heavy atom. The molecule has 1 amide bonds. The molecule has 3 nitrogen and oxygen atoms in total. The van der Waals surface area contributed by atoms with Crippen molar-refractivity contribution in [3.8, 4) is 0 Å². The van der Waals surface area contributed by atoms with Crippen molar-refractivity contribution in [3.63, 3.8) is 0 Å². The topological polar surface area (TPSA) is 32.3 Å². The van der Waals surface area contributed by atoms with Crippen molar-refractivity contribution in [3.05, 3.63) is 11.8 Å². The molecule has 0 fully saturated rings. The first-order chi connectivity index (χ1) is 5.18. The van der Waals surface area contributed by atoms with Gasteiger partial charge in [0, 0.05) is 32.1 Å². The summed E-state index contributed by atoms with van der Waals surface area (Å²) >= 11 is 0. The van der Waals surface area contributed by atoms with E-state index in [0.29, 0.717) is 0 Å². The maximum atomic E-state index is 10.6. The van der Waals surface area contributed by atoms with Gasteiger partial charge in [0.2, 0.25) is 5.91 Å². The zero-order valence-electron chi connectivity index (χ0n) is 7.05. The van der Waals surface area contributed by atoms with Crippen LogP contribution >= 0.6 is 0 Å². The first-order valence-electron chi connectivity index (χ1n) is 3.83. The number of likely N-dealkylation sites (N-methyl/N-ethyl adjacent to an activating group) is 1. The van der Waals surface area contributed by atoms with E-state index in [1.54, 1.807) is 6.92 Å². The number of hydrogen-bond donors (Lipinski definition) is 1. The average Bonchev–Trinajstić information content (AvgIpc) is 1.93. The molecule has 11 heavy (non-hydrogen) atoms. The standard InChI is InChI=1S/C8H14N2O/c1-7(11)9-8-3-5-10(2)6-4-8/h3H,4-6H2,1-2H3,(H,9,11). The summed E-state index contributed by atoms with van der Waals surface area (Å²) in [5.41, 5.74) is 1.07. The summed E-state index contributed by atoms with van der Waals surface area (Å²) in [7, 11) is 2.07. The molecular formula is C8H14N2O. The van der Waals surface area contributed by atoms with Crippen LogP contribution in [-0.4, -0.2) is 30.9 Å². The summed E-state index contributed by atoms with van der Waals surface area (Å²) in [6.45, 7) is 3.51. The lowest BCUT2D eigenvalue weighted by Gasteiger charge is -2.21. The zero-order valence-corrected chi connectivity index (χ0v) is 7.05. The maximum absolute atomic E-state index is 10.6. The molecule has 0 unspecified atom stereocenters. The monoisotopic (exact) mass is 154 g/mol. The van der Waals surface area contributed by atoms with Gasteiger partial charge in [0.25, 0.3) is 0 Å². The Balaban J connectivity index is 2.41. The first-order valence-corrected chi connectivity index (χ1v) is 3.83. The molecule has 62 valence electrons. The molecule has 0 aromatic rings. The SMILES string of the molecule is CC(=O)NC1=CCN(C)CC1. The molecule has 0 aliphatic carbocycles. The molecule has 0 aromatic carbocycles. The van der Waals surface area contributed by atoms with Crippen molar-refractivity contribution in [2.24, 2.45) is 0 Å². The lowest BCUT2D eigenvalue weighted by Crippen LogP contribution is -2.30. The van der Waals surface area contributed by atoms with Crippen LogP contribution in [0.2, 0.25) is 0 Å². The molecule has 0 saturated heterocycles. The van der Waals surface area contributed by atoms with Gasteiger partial charge >= 0.3 is 0 Å². The number of hydrogen-bond acceptors (Lipinski definition) is 2. The van der Waals surface area contributed by atoms with Gasteiger partial charge in [0.15, 0.2) is 0 Å². The number of nitrogens with one attached hydrogen (secondary N) is 1. The highest BCUT2D eigenvalue weighted by Crippen LogP contribution is 2.04. The van der Waals surface area contributed by atoms with Gasteiger partial charge < -0.3 is 10.2 Å². The van der Waals surface area contributed by atoms with Crippen LogP contribution in [0.4, 0.5) is 0 Å². The molecule has 0 bridgehead atoms. The summed E-state index contributed by atoms with van der Waals surface area (Å²) in [4.78, 5) is 12.8. The number of amides is 1. The fourth-order valence-corrected chi connectivity index (χ4v) is 1.11. The smallest absolute Gasteiger partial charge is 0.220 e. The first kappa shape index (κ1) is 8.27. The Bertz CT molecular complexity index is 187. The molecule has 1 aliphatic heterocycles.